The molecule has 2 aromatic carbocycles. The number of Topliss-reactive ketones (excluding diaryl/α,β-unsaturated/α-hetero) is 1. The zero-order chi connectivity index (χ0) is 22.1. The van der Waals surface area contributed by atoms with Crippen molar-refractivity contribution in [3.05, 3.63) is 46.4 Å². The van der Waals surface area contributed by atoms with Crippen LogP contribution in [0, 0.1) is 0 Å². The fourth-order valence-corrected chi connectivity index (χ4v) is 3.92. The predicted molar refractivity (Wildman–Crippen MR) is 117 cm³/mol. The molecule has 7 heteroatoms. The van der Waals surface area contributed by atoms with Crippen LogP contribution in [0.25, 0.3) is 10.8 Å². The SMILES string of the molecule is C[C@H]1CC[C@@H](C(=O)OCC(=O)c2ccc3cc(Br)ccc3c2)N1C(=O)OC(C)(C)C. The Hall–Kier alpha value is -2.41. The second kappa shape index (κ2) is 8.76. The molecule has 1 amide bonds. The summed E-state index contributed by atoms with van der Waals surface area (Å²) in [6, 6.07) is 10.3. The normalized spacial score (nSPS) is 19.0. The van der Waals surface area contributed by atoms with Gasteiger partial charge in [-0.2, -0.15) is 0 Å². The summed E-state index contributed by atoms with van der Waals surface area (Å²) in [5.41, 5.74) is -0.184. The molecule has 0 saturated carbocycles. The first-order chi connectivity index (χ1) is 14.0. The molecule has 3 rings (SSSR count). The first-order valence-corrected chi connectivity index (χ1v) is 10.7. The van der Waals surface area contributed by atoms with Crippen molar-refractivity contribution in [1.29, 1.82) is 0 Å². The number of halogens is 1. The van der Waals surface area contributed by atoms with Crippen LogP contribution >= 0.6 is 15.9 Å². The largest absolute Gasteiger partial charge is 0.456 e. The zero-order valence-electron chi connectivity index (χ0n) is 17.6. The molecule has 160 valence electrons. The molecule has 1 heterocycles. The smallest absolute Gasteiger partial charge is 0.411 e. The number of hydrogen-bond acceptors (Lipinski definition) is 5. The highest BCUT2D eigenvalue weighted by Crippen LogP contribution is 2.27. The maximum absolute atomic E-state index is 12.6. The molecular weight excluding hydrogens is 450 g/mol. The molecule has 0 radical (unpaired) electrons. The lowest BCUT2D eigenvalue weighted by Gasteiger charge is -2.30. The van der Waals surface area contributed by atoms with Gasteiger partial charge in [0.1, 0.15) is 11.6 Å². The number of esters is 1. The quantitative estimate of drug-likeness (QED) is 0.453. The molecule has 0 aromatic heterocycles. The van der Waals surface area contributed by atoms with Gasteiger partial charge in [-0.15, -0.1) is 0 Å². The molecule has 1 aliphatic rings. The van der Waals surface area contributed by atoms with Crippen LogP contribution < -0.4 is 0 Å². The van der Waals surface area contributed by atoms with Crippen molar-refractivity contribution in [1.82, 2.24) is 4.90 Å². The molecule has 1 saturated heterocycles. The van der Waals surface area contributed by atoms with Gasteiger partial charge in [0.2, 0.25) is 0 Å². The number of carbonyl (C=O) groups excluding carboxylic acids is 3. The first kappa shape index (κ1) is 22.3. The highest BCUT2D eigenvalue weighted by atomic mass is 79.9. The maximum Gasteiger partial charge on any atom is 0.411 e. The lowest BCUT2D eigenvalue weighted by atomic mass is 10.0. The summed E-state index contributed by atoms with van der Waals surface area (Å²) in [6.07, 6.45) is 0.618. The van der Waals surface area contributed by atoms with Crippen molar-refractivity contribution in [3.8, 4) is 0 Å². The third-order valence-electron chi connectivity index (χ3n) is 5.01. The van der Waals surface area contributed by atoms with Gasteiger partial charge in [0.15, 0.2) is 12.4 Å². The molecule has 0 aliphatic carbocycles. The molecule has 0 bridgehead atoms. The second-order valence-corrected chi connectivity index (χ2v) is 9.48. The number of ketones is 1. The molecule has 30 heavy (non-hydrogen) atoms. The summed E-state index contributed by atoms with van der Waals surface area (Å²) in [7, 11) is 0. The number of amides is 1. The van der Waals surface area contributed by atoms with Crippen molar-refractivity contribution in [2.45, 2.75) is 58.2 Å². The van der Waals surface area contributed by atoms with Gasteiger partial charge in [-0.25, -0.2) is 9.59 Å². The van der Waals surface area contributed by atoms with Gasteiger partial charge in [0.05, 0.1) is 0 Å². The molecule has 6 nitrogen and oxygen atoms in total. The van der Waals surface area contributed by atoms with Crippen molar-refractivity contribution >= 4 is 44.5 Å². The Morgan fingerprint density at radius 2 is 1.73 bits per heavy atom. The minimum atomic E-state index is -0.739. The first-order valence-electron chi connectivity index (χ1n) is 9.95. The van der Waals surface area contributed by atoms with Crippen LogP contribution in [0.1, 0.15) is 50.9 Å². The Balaban J connectivity index is 1.64. The van der Waals surface area contributed by atoms with Crippen LogP contribution in [-0.4, -0.2) is 47.0 Å². The number of fused-ring (bicyclic) bond motifs is 1. The molecule has 0 unspecified atom stereocenters. The molecule has 1 fully saturated rings. The predicted octanol–water partition coefficient (Wildman–Crippen LogP) is 5.12. The number of ether oxygens (including phenoxy) is 2. The van der Waals surface area contributed by atoms with Crippen molar-refractivity contribution in [2.75, 3.05) is 6.61 Å². The minimum Gasteiger partial charge on any atom is -0.456 e. The molecule has 0 N–H and O–H groups in total. The van der Waals surface area contributed by atoms with E-state index >= 15 is 0 Å². The fraction of sp³-hybridized carbons (Fsp3) is 0.435. The van der Waals surface area contributed by atoms with Crippen molar-refractivity contribution < 1.29 is 23.9 Å². The van der Waals surface area contributed by atoms with E-state index < -0.39 is 23.7 Å². The van der Waals surface area contributed by atoms with E-state index in [1.807, 2.05) is 31.2 Å². The van der Waals surface area contributed by atoms with Crippen LogP contribution in [0.3, 0.4) is 0 Å². The topological polar surface area (TPSA) is 72.9 Å². The minimum absolute atomic E-state index is 0.132. The summed E-state index contributed by atoms with van der Waals surface area (Å²) in [5.74, 6) is -0.869. The van der Waals surface area contributed by atoms with E-state index in [1.165, 1.54) is 4.90 Å². The van der Waals surface area contributed by atoms with Gasteiger partial charge in [-0.05, 0) is 69.5 Å². The number of hydrogen-bond donors (Lipinski definition) is 0. The van der Waals surface area contributed by atoms with E-state index in [0.717, 1.165) is 15.2 Å². The molecular formula is C23H26BrNO5. The third-order valence-corrected chi connectivity index (χ3v) is 5.51. The van der Waals surface area contributed by atoms with E-state index in [0.29, 0.717) is 18.4 Å². The molecule has 0 spiro atoms. The summed E-state index contributed by atoms with van der Waals surface area (Å²) < 4.78 is 11.7. The number of benzene rings is 2. The average molecular weight is 476 g/mol. The monoisotopic (exact) mass is 475 g/mol. The maximum atomic E-state index is 12.6. The van der Waals surface area contributed by atoms with E-state index in [2.05, 4.69) is 15.9 Å². The van der Waals surface area contributed by atoms with Crippen LogP contribution in [0.5, 0.6) is 0 Å². The Morgan fingerprint density at radius 1 is 1.07 bits per heavy atom. The summed E-state index contributed by atoms with van der Waals surface area (Å²) in [6.45, 7) is 6.84. The highest BCUT2D eigenvalue weighted by molar-refractivity contribution is 9.10. The van der Waals surface area contributed by atoms with E-state index in [1.54, 1.807) is 32.9 Å². The molecule has 2 aromatic rings. The Labute approximate surface area is 184 Å². The Kier molecular flexibility index (Phi) is 6.50. The summed E-state index contributed by atoms with van der Waals surface area (Å²) in [5, 5.41) is 1.93. The van der Waals surface area contributed by atoms with E-state index in [9.17, 15) is 14.4 Å². The van der Waals surface area contributed by atoms with Gasteiger partial charge < -0.3 is 9.47 Å². The Morgan fingerprint density at radius 3 is 2.43 bits per heavy atom. The zero-order valence-corrected chi connectivity index (χ0v) is 19.2. The van der Waals surface area contributed by atoms with Crippen LogP contribution in [0.4, 0.5) is 4.79 Å². The second-order valence-electron chi connectivity index (χ2n) is 8.57. The van der Waals surface area contributed by atoms with Gasteiger partial charge in [-0.1, -0.05) is 34.1 Å². The van der Waals surface area contributed by atoms with Crippen molar-refractivity contribution in [3.63, 3.8) is 0 Å². The molecule has 2 atom stereocenters. The van der Waals surface area contributed by atoms with Gasteiger partial charge in [0, 0.05) is 16.1 Å². The van der Waals surface area contributed by atoms with Crippen LogP contribution in [0.2, 0.25) is 0 Å². The number of likely N-dealkylation sites (tertiary alicyclic amines) is 1. The standard InChI is InChI=1S/C23H26BrNO5/c1-14-5-10-19(25(14)22(28)30-23(2,3)4)21(27)29-13-20(26)17-7-6-16-12-18(24)9-8-15(16)11-17/h6-9,11-12,14,19H,5,10,13H2,1-4H3/t14-,19-/m0/s1. The van der Waals surface area contributed by atoms with Crippen LogP contribution in [0.15, 0.2) is 40.9 Å². The van der Waals surface area contributed by atoms with E-state index in [-0.39, 0.29) is 18.4 Å². The van der Waals surface area contributed by atoms with Crippen LogP contribution in [-0.2, 0) is 14.3 Å². The number of carbonyl (C=O) groups is 3. The average Bonchev–Trinajstić information content (AvgIpc) is 3.05. The summed E-state index contributed by atoms with van der Waals surface area (Å²) >= 11 is 3.43. The van der Waals surface area contributed by atoms with E-state index in [4.69, 9.17) is 9.47 Å². The number of nitrogens with zero attached hydrogens (tertiary/aromatic N) is 1. The molecule has 1 aliphatic heterocycles. The highest BCUT2D eigenvalue weighted by Gasteiger charge is 2.42. The Bertz CT molecular complexity index is 981. The van der Waals surface area contributed by atoms with Gasteiger partial charge in [-0.3, -0.25) is 9.69 Å². The fourth-order valence-electron chi connectivity index (χ4n) is 3.54. The van der Waals surface area contributed by atoms with Crippen molar-refractivity contribution in [2.24, 2.45) is 0 Å². The number of rotatable bonds is 4. The van der Waals surface area contributed by atoms with Gasteiger partial charge >= 0.3 is 12.1 Å². The lowest BCUT2D eigenvalue weighted by Crippen LogP contribution is -2.47. The lowest BCUT2D eigenvalue weighted by molar-refractivity contribution is -0.148. The summed E-state index contributed by atoms with van der Waals surface area (Å²) in [4.78, 5) is 39.1. The third kappa shape index (κ3) is 5.19. The van der Waals surface area contributed by atoms with Gasteiger partial charge in [0.25, 0.3) is 0 Å².